The van der Waals surface area contributed by atoms with Gasteiger partial charge < -0.3 is 0 Å². The second-order valence-electron chi connectivity index (χ2n) is 2.92. The maximum absolute atomic E-state index is 3.50. The molecule has 2 aromatic rings. The van der Waals surface area contributed by atoms with E-state index < -0.39 is 0 Å². The molecule has 0 aliphatic rings. The summed E-state index contributed by atoms with van der Waals surface area (Å²) in [5, 5.41) is 4.22. The Labute approximate surface area is 96.0 Å². The summed E-state index contributed by atoms with van der Waals surface area (Å²) in [6.45, 7) is 0. The summed E-state index contributed by atoms with van der Waals surface area (Å²) in [5.74, 6) is 0. The van der Waals surface area contributed by atoms with Crippen molar-refractivity contribution in [3.8, 4) is 0 Å². The number of hydrogen-bond acceptors (Lipinski definition) is 1. The van der Waals surface area contributed by atoms with Gasteiger partial charge in [-0.3, -0.25) is 0 Å². The van der Waals surface area contributed by atoms with E-state index in [1.165, 1.54) is 11.1 Å². The lowest BCUT2D eigenvalue weighted by atomic mass is 10.2. The predicted molar refractivity (Wildman–Crippen MR) is 67.4 cm³/mol. The normalized spacial score (nSPS) is 10.9. The summed E-state index contributed by atoms with van der Waals surface area (Å²) in [6, 6.07) is 10.3. The van der Waals surface area contributed by atoms with Gasteiger partial charge in [-0.25, -0.2) is 0 Å². The van der Waals surface area contributed by atoms with Crippen LogP contribution in [0.2, 0.25) is 0 Å². The van der Waals surface area contributed by atoms with Crippen molar-refractivity contribution in [3.63, 3.8) is 0 Å². The molecule has 2 heteroatoms. The second-order valence-corrected chi connectivity index (χ2v) is 4.52. The van der Waals surface area contributed by atoms with E-state index in [1.54, 1.807) is 11.3 Å². The maximum Gasteiger partial charge on any atom is 0.0354 e. The van der Waals surface area contributed by atoms with Crippen LogP contribution in [0.15, 0.2) is 45.6 Å². The highest BCUT2D eigenvalue weighted by Gasteiger charge is 1.94. The summed E-state index contributed by atoms with van der Waals surface area (Å²) in [4.78, 5) is 0. The molecule has 0 radical (unpaired) electrons. The minimum absolute atomic E-state index is 1.16. The first-order valence-electron chi connectivity index (χ1n) is 4.31. The van der Waals surface area contributed by atoms with Crippen molar-refractivity contribution in [2.24, 2.45) is 0 Å². The van der Waals surface area contributed by atoms with Gasteiger partial charge in [-0.2, -0.15) is 11.3 Å². The van der Waals surface area contributed by atoms with E-state index in [4.69, 9.17) is 0 Å². The first kappa shape index (κ1) is 9.69. The van der Waals surface area contributed by atoms with Crippen LogP contribution in [0.3, 0.4) is 0 Å². The van der Waals surface area contributed by atoms with Crippen molar-refractivity contribution in [2.75, 3.05) is 0 Å². The van der Waals surface area contributed by atoms with Gasteiger partial charge in [0.2, 0.25) is 0 Å². The highest BCUT2D eigenvalue weighted by molar-refractivity contribution is 9.10. The van der Waals surface area contributed by atoms with Gasteiger partial charge in [0, 0.05) is 9.85 Å². The van der Waals surface area contributed by atoms with Gasteiger partial charge in [-0.15, -0.1) is 0 Å². The lowest BCUT2D eigenvalue weighted by Crippen LogP contribution is -1.69. The molecule has 1 heterocycles. The average molecular weight is 265 g/mol. The minimum atomic E-state index is 1.16. The topological polar surface area (TPSA) is 0 Å². The van der Waals surface area contributed by atoms with Crippen LogP contribution in [-0.4, -0.2) is 0 Å². The summed E-state index contributed by atoms with van der Waals surface area (Å²) >= 11 is 5.20. The molecule has 0 bridgehead atoms. The molecule has 0 unspecified atom stereocenters. The summed E-state index contributed by atoms with van der Waals surface area (Å²) in [7, 11) is 0. The molecule has 1 aromatic heterocycles. The molecule has 0 aliphatic carbocycles. The van der Waals surface area contributed by atoms with Crippen LogP contribution in [-0.2, 0) is 0 Å². The predicted octanol–water partition coefficient (Wildman–Crippen LogP) is 4.68. The quantitative estimate of drug-likeness (QED) is 0.739. The Balaban J connectivity index is 2.20. The van der Waals surface area contributed by atoms with Crippen molar-refractivity contribution in [1.82, 2.24) is 0 Å². The van der Waals surface area contributed by atoms with Gasteiger partial charge in [-0.1, -0.05) is 42.5 Å². The molecule has 14 heavy (non-hydrogen) atoms. The number of halogens is 1. The Kier molecular flexibility index (Phi) is 3.17. The first-order chi connectivity index (χ1) is 6.86. The largest absolute Gasteiger partial charge is 0.151 e. The molecule has 0 N–H and O–H groups in total. The highest BCUT2D eigenvalue weighted by atomic mass is 79.9. The van der Waals surface area contributed by atoms with Gasteiger partial charge in [-0.05, 0) is 32.4 Å². The van der Waals surface area contributed by atoms with E-state index in [9.17, 15) is 0 Å². The van der Waals surface area contributed by atoms with E-state index in [0.717, 1.165) is 4.47 Å². The highest BCUT2D eigenvalue weighted by Crippen LogP contribution is 2.23. The number of benzene rings is 1. The third-order valence-corrected chi connectivity index (χ3v) is 3.65. The fourth-order valence-corrected chi connectivity index (χ4v) is 2.56. The maximum atomic E-state index is 3.50. The summed E-state index contributed by atoms with van der Waals surface area (Å²) in [6.07, 6.45) is 4.24. The van der Waals surface area contributed by atoms with Crippen molar-refractivity contribution in [3.05, 3.63) is 56.7 Å². The molecule has 0 nitrogen and oxygen atoms in total. The smallest absolute Gasteiger partial charge is 0.0354 e. The Bertz CT molecular complexity index is 429. The van der Waals surface area contributed by atoms with Crippen LogP contribution in [0, 0.1) is 0 Å². The second kappa shape index (κ2) is 4.58. The van der Waals surface area contributed by atoms with Crippen LogP contribution >= 0.6 is 27.3 Å². The summed E-state index contributed by atoms with van der Waals surface area (Å²) < 4.78 is 1.16. The van der Waals surface area contributed by atoms with Crippen molar-refractivity contribution in [2.45, 2.75) is 0 Å². The van der Waals surface area contributed by atoms with Crippen LogP contribution in [0.4, 0.5) is 0 Å². The van der Waals surface area contributed by atoms with E-state index in [2.05, 4.69) is 51.0 Å². The van der Waals surface area contributed by atoms with E-state index in [0.29, 0.717) is 0 Å². The van der Waals surface area contributed by atoms with Crippen LogP contribution in [0.25, 0.3) is 12.2 Å². The molecular formula is C12H9BrS. The lowest BCUT2D eigenvalue weighted by Gasteiger charge is -1.91. The van der Waals surface area contributed by atoms with Crippen LogP contribution in [0.1, 0.15) is 11.1 Å². The molecule has 0 atom stereocenters. The van der Waals surface area contributed by atoms with Gasteiger partial charge in [0.15, 0.2) is 0 Å². The van der Waals surface area contributed by atoms with Crippen molar-refractivity contribution >= 4 is 39.4 Å². The van der Waals surface area contributed by atoms with Crippen LogP contribution in [0.5, 0.6) is 0 Å². The monoisotopic (exact) mass is 264 g/mol. The first-order valence-corrected chi connectivity index (χ1v) is 6.04. The molecule has 0 saturated heterocycles. The van der Waals surface area contributed by atoms with Crippen molar-refractivity contribution in [1.29, 1.82) is 0 Å². The molecule has 2 rings (SSSR count). The van der Waals surface area contributed by atoms with Crippen molar-refractivity contribution < 1.29 is 0 Å². The molecule has 0 amide bonds. The number of thiophene rings is 1. The van der Waals surface area contributed by atoms with E-state index in [1.807, 2.05) is 18.2 Å². The molecule has 1 aromatic carbocycles. The zero-order valence-electron chi connectivity index (χ0n) is 7.48. The van der Waals surface area contributed by atoms with E-state index in [-0.39, 0.29) is 0 Å². The molecule has 0 fully saturated rings. The minimum Gasteiger partial charge on any atom is -0.151 e. The van der Waals surface area contributed by atoms with Crippen LogP contribution < -0.4 is 0 Å². The SMILES string of the molecule is Brc1cscc1C=Cc1ccccc1. The fourth-order valence-electron chi connectivity index (χ4n) is 1.16. The standard InChI is InChI=1S/C12H9BrS/c13-12-9-14-8-11(12)7-6-10-4-2-1-3-5-10/h1-9H. The Morgan fingerprint density at radius 3 is 2.43 bits per heavy atom. The van der Waals surface area contributed by atoms with Gasteiger partial charge >= 0.3 is 0 Å². The Morgan fingerprint density at radius 2 is 1.79 bits per heavy atom. The molecule has 0 aliphatic heterocycles. The Hall–Kier alpha value is -0.860. The average Bonchev–Trinajstić information content (AvgIpc) is 2.63. The zero-order chi connectivity index (χ0) is 9.80. The van der Waals surface area contributed by atoms with Gasteiger partial charge in [0.25, 0.3) is 0 Å². The molecular weight excluding hydrogens is 256 g/mol. The molecule has 0 spiro atoms. The molecule has 0 saturated carbocycles. The number of rotatable bonds is 2. The molecule has 70 valence electrons. The zero-order valence-corrected chi connectivity index (χ0v) is 9.88. The van der Waals surface area contributed by atoms with E-state index >= 15 is 0 Å². The Morgan fingerprint density at radius 1 is 1.00 bits per heavy atom. The number of hydrogen-bond donors (Lipinski definition) is 0. The van der Waals surface area contributed by atoms with Gasteiger partial charge in [0.05, 0.1) is 0 Å². The fraction of sp³-hybridized carbons (Fsp3) is 0. The third-order valence-electron chi connectivity index (χ3n) is 1.90. The van der Waals surface area contributed by atoms with Gasteiger partial charge in [0.1, 0.15) is 0 Å². The third kappa shape index (κ3) is 2.34. The summed E-state index contributed by atoms with van der Waals surface area (Å²) in [5.41, 5.74) is 2.46. The lowest BCUT2D eigenvalue weighted by molar-refractivity contribution is 1.66.